The van der Waals surface area contributed by atoms with Crippen molar-refractivity contribution in [3.63, 3.8) is 0 Å². The fourth-order valence-electron chi connectivity index (χ4n) is 4.29. The van der Waals surface area contributed by atoms with Crippen molar-refractivity contribution in [3.8, 4) is 22.6 Å². The van der Waals surface area contributed by atoms with Crippen molar-refractivity contribution in [3.05, 3.63) is 71.8 Å². The molecule has 0 unspecified atom stereocenters. The Morgan fingerprint density at radius 1 is 0.839 bits per heavy atom. The van der Waals surface area contributed by atoms with E-state index in [0.717, 1.165) is 50.2 Å². The third-order valence-corrected chi connectivity index (χ3v) is 7.46. The van der Waals surface area contributed by atoms with Crippen LogP contribution in [0, 0.1) is 13.8 Å². The highest BCUT2D eigenvalue weighted by Gasteiger charge is 2.41. The molecule has 1 heterocycles. The first kappa shape index (κ1) is 20.6. The molecule has 0 saturated carbocycles. The molecule has 6 heteroatoms. The standard InChI is InChI=1S/C25H24NO3PS/c1-16-14-18-8-3-5-10-20(18)22-23-21-11-6-4-9-19(21)15-17(2)25(23)29-30(27,28-24(16)22)26-12-7-13-31/h3-6,8-11,14-15,31H,7,12-13H2,1-2H3,(H,26,27). The molecule has 0 spiro atoms. The number of hydrogen-bond acceptors (Lipinski definition) is 5. The van der Waals surface area contributed by atoms with Gasteiger partial charge in [-0.25, -0.2) is 0 Å². The molecular formula is C25H24NO3PS. The maximum absolute atomic E-state index is 13.8. The highest BCUT2D eigenvalue weighted by atomic mass is 32.1. The van der Waals surface area contributed by atoms with Gasteiger partial charge in [0.15, 0.2) is 11.5 Å². The number of thiol groups is 1. The number of rotatable bonds is 4. The molecule has 0 aromatic heterocycles. The Bertz CT molecular complexity index is 1210. The number of nitrogens with one attached hydrogen (secondary N) is 1. The fraction of sp³-hybridized carbons (Fsp3) is 0.200. The molecule has 1 N–H and O–H groups in total. The van der Waals surface area contributed by atoms with Crippen molar-refractivity contribution in [2.75, 3.05) is 12.3 Å². The van der Waals surface area contributed by atoms with Gasteiger partial charge in [0.05, 0.1) is 0 Å². The zero-order valence-electron chi connectivity index (χ0n) is 17.5. The lowest BCUT2D eigenvalue weighted by atomic mass is 9.89. The zero-order chi connectivity index (χ0) is 21.6. The second-order valence-corrected chi connectivity index (χ2v) is 10.0. The zero-order valence-corrected chi connectivity index (χ0v) is 19.3. The van der Waals surface area contributed by atoms with Gasteiger partial charge in [0.25, 0.3) is 0 Å². The Labute approximate surface area is 188 Å². The van der Waals surface area contributed by atoms with Crippen LogP contribution in [0.25, 0.3) is 32.7 Å². The molecule has 0 radical (unpaired) electrons. The minimum atomic E-state index is -3.65. The van der Waals surface area contributed by atoms with Crippen LogP contribution < -0.4 is 19.0 Å². The van der Waals surface area contributed by atoms with E-state index in [1.807, 2.05) is 38.1 Å². The summed E-state index contributed by atoms with van der Waals surface area (Å²) in [6.45, 7) is 4.48. The molecule has 4 aromatic rings. The molecule has 0 bridgehead atoms. The van der Waals surface area contributed by atoms with Gasteiger partial charge in [-0.3, -0.25) is 9.05 Å². The Morgan fingerprint density at radius 2 is 1.32 bits per heavy atom. The second-order valence-electron chi connectivity index (χ2n) is 7.90. The van der Waals surface area contributed by atoms with Gasteiger partial charge >= 0.3 is 8.09 Å². The number of benzene rings is 4. The lowest BCUT2D eigenvalue weighted by Gasteiger charge is -2.27. The van der Waals surface area contributed by atoms with Gasteiger partial charge < -0.3 is 4.89 Å². The molecule has 31 heavy (non-hydrogen) atoms. The van der Waals surface area contributed by atoms with E-state index in [2.05, 4.69) is 54.1 Å². The normalized spacial score (nSPS) is 14.5. The average molecular weight is 450 g/mol. The Hall–Kier alpha value is -2.30. The maximum Gasteiger partial charge on any atom is 0.408 e. The summed E-state index contributed by atoms with van der Waals surface area (Å²) in [6.07, 6.45) is 0.757. The highest BCUT2D eigenvalue weighted by Crippen LogP contribution is 2.60. The van der Waals surface area contributed by atoms with Crippen LogP contribution in [-0.4, -0.2) is 12.3 Å². The van der Waals surface area contributed by atoms with Gasteiger partial charge in [0, 0.05) is 17.7 Å². The molecule has 1 aliphatic rings. The molecule has 158 valence electrons. The number of hydrogen-bond donors (Lipinski definition) is 2. The van der Waals surface area contributed by atoms with Gasteiger partial charge in [-0.15, -0.1) is 5.09 Å². The highest BCUT2D eigenvalue weighted by molar-refractivity contribution is 7.80. The van der Waals surface area contributed by atoms with E-state index in [-0.39, 0.29) is 0 Å². The molecule has 0 atom stereocenters. The van der Waals surface area contributed by atoms with E-state index < -0.39 is 8.09 Å². The van der Waals surface area contributed by atoms with E-state index in [0.29, 0.717) is 23.8 Å². The van der Waals surface area contributed by atoms with Crippen molar-refractivity contribution >= 4 is 42.3 Å². The first-order chi connectivity index (χ1) is 15.0. The van der Waals surface area contributed by atoms with E-state index in [9.17, 15) is 4.89 Å². The summed E-state index contributed by atoms with van der Waals surface area (Å²) in [4.78, 5) is 13.8. The second kappa shape index (κ2) is 7.99. The Kier molecular flexibility index (Phi) is 5.31. The smallest absolute Gasteiger partial charge is 0.408 e. The van der Waals surface area contributed by atoms with Crippen molar-refractivity contribution in [1.29, 1.82) is 0 Å². The molecule has 4 aromatic carbocycles. The van der Waals surface area contributed by atoms with Crippen LogP contribution in [0.3, 0.4) is 0 Å². The van der Waals surface area contributed by atoms with Crippen LogP contribution in [-0.2, 0) is 0 Å². The molecule has 0 fully saturated rings. The van der Waals surface area contributed by atoms with Gasteiger partial charge in [0.2, 0.25) is 0 Å². The molecule has 0 amide bonds. The van der Waals surface area contributed by atoms with E-state index in [4.69, 9.17) is 9.05 Å². The fourth-order valence-corrected chi connectivity index (χ4v) is 6.00. The molecule has 1 aliphatic heterocycles. The van der Waals surface area contributed by atoms with Crippen LogP contribution in [0.5, 0.6) is 11.5 Å². The summed E-state index contributed by atoms with van der Waals surface area (Å²) in [6, 6.07) is 20.6. The first-order valence-corrected chi connectivity index (χ1v) is 12.6. The topological polar surface area (TPSA) is 53.5 Å². The van der Waals surface area contributed by atoms with Gasteiger partial charge in [0.1, 0.15) is 0 Å². The summed E-state index contributed by atoms with van der Waals surface area (Å²) in [5, 5.41) is 7.35. The summed E-state index contributed by atoms with van der Waals surface area (Å²) in [7, 11) is -3.65. The summed E-state index contributed by atoms with van der Waals surface area (Å²) in [5.74, 6) is 1.90. The lowest BCUT2D eigenvalue weighted by molar-refractivity contribution is -0.206. The largest absolute Gasteiger partial charge is 0.601 e. The van der Waals surface area contributed by atoms with Crippen LogP contribution in [0.2, 0.25) is 0 Å². The van der Waals surface area contributed by atoms with Crippen LogP contribution in [0.15, 0.2) is 60.7 Å². The molecule has 5 rings (SSSR count). The third kappa shape index (κ3) is 3.56. The predicted octanol–water partition coefficient (Wildman–Crippen LogP) is 6.00. The molecular weight excluding hydrogens is 425 g/mol. The van der Waals surface area contributed by atoms with Crippen molar-refractivity contribution < 1.29 is 13.9 Å². The first-order valence-electron chi connectivity index (χ1n) is 10.4. The third-order valence-electron chi connectivity index (χ3n) is 5.69. The van der Waals surface area contributed by atoms with Gasteiger partial charge in [-0.1, -0.05) is 48.5 Å². The van der Waals surface area contributed by atoms with Gasteiger partial charge in [-0.2, -0.15) is 12.6 Å². The van der Waals surface area contributed by atoms with Crippen molar-refractivity contribution in [2.45, 2.75) is 20.3 Å². The van der Waals surface area contributed by atoms with E-state index in [1.54, 1.807) is 0 Å². The number of fused-ring (bicyclic) bond motifs is 7. The monoisotopic (exact) mass is 449 g/mol. The minimum absolute atomic E-state index is 0.491. The molecule has 4 nitrogen and oxygen atoms in total. The van der Waals surface area contributed by atoms with Crippen molar-refractivity contribution in [2.24, 2.45) is 0 Å². The summed E-state index contributed by atoms with van der Waals surface area (Å²) < 4.78 is 12.4. The maximum atomic E-state index is 13.8. The van der Waals surface area contributed by atoms with Crippen LogP contribution in [0.1, 0.15) is 17.5 Å². The predicted molar refractivity (Wildman–Crippen MR) is 131 cm³/mol. The lowest BCUT2D eigenvalue weighted by Crippen LogP contribution is -2.34. The van der Waals surface area contributed by atoms with Crippen LogP contribution in [0.4, 0.5) is 0 Å². The Balaban J connectivity index is 1.89. The SMILES string of the molecule is Cc1cc2ccccc2c2c1O[P+]([O-])(NCCCS)Oc1c(C)cc3ccccc3c1-2. The van der Waals surface area contributed by atoms with Gasteiger partial charge in [-0.05, 0) is 70.8 Å². The van der Waals surface area contributed by atoms with E-state index in [1.165, 1.54) is 0 Å². The number of aryl methyl sites for hydroxylation is 2. The minimum Gasteiger partial charge on any atom is -0.601 e. The van der Waals surface area contributed by atoms with E-state index >= 15 is 0 Å². The summed E-state index contributed by atoms with van der Waals surface area (Å²) in [5.41, 5.74) is 3.71. The van der Waals surface area contributed by atoms with Crippen molar-refractivity contribution in [1.82, 2.24) is 5.09 Å². The Morgan fingerprint density at radius 3 is 1.81 bits per heavy atom. The average Bonchev–Trinajstić information content (AvgIpc) is 2.90. The summed E-state index contributed by atoms with van der Waals surface area (Å²) >= 11 is 4.26. The molecule has 0 saturated heterocycles. The molecule has 0 aliphatic carbocycles. The van der Waals surface area contributed by atoms with Crippen LogP contribution >= 0.6 is 20.7 Å². The quantitative estimate of drug-likeness (QED) is 0.228.